The van der Waals surface area contributed by atoms with E-state index >= 15 is 4.39 Å². The molecule has 0 fully saturated rings. The molecule has 0 radical (unpaired) electrons. The molecule has 1 heterocycles. The monoisotopic (exact) mass is 491 g/mol. The van der Waals surface area contributed by atoms with Crippen molar-refractivity contribution in [1.29, 1.82) is 0 Å². The van der Waals surface area contributed by atoms with Gasteiger partial charge in [0.2, 0.25) is 0 Å². The number of fused-ring (bicyclic) bond motifs is 1. The molecule has 3 aromatic rings. The normalized spacial score (nSPS) is 16.0. The Labute approximate surface area is 198 Å². The van der Waals surface area contributed by atoms with Crippen molar-refractivity contribution in [3.05, 3.63) is 82.7 Å². The zero-order valence-corrected chi connectivity index (χ0v) is 18.7. The number of hydrogen-bond donors (Lipinski definition) is 1. The van der Waals surface area contributed by atoms with Crippen LogP contribution in [0.2, 0.25) is 0 Å². The van der Waals surface area contributed by atoms with Crippen LogP contribution in [0.1, 0.15) is 28.4 Å². The van der Waals surface area contributed by atoms with Crippen LogP contribution in [0.15, 0.2) is 54.6 Å². The van der Waals surface area contributed by atoms with Gasteiger partial charge in [-0.25, -0.2) is 4.39 Å². The highest BCUT2D eigenvalue weighted by atomic mass is 19.4. The number of rotatable bonds is 5. The summed E-state index contributed by atoms with van der Waals surface area (Å²) in [5.74, 6) is -1.27. The van der Waals surface area contributed by atoms with E-state index in [1.165, 1.54) is 49.5 Å². The second-order valence-electron chi connectivity index (χ2n) is 7.80. The van der Waals surface area contributed by atoms with Gasteiger partial charge in [0.15, 0.2) is 11.6 Å². The van der Waals surface area contributed by atoms with Crippen LogP contribution < -0.4 is 14.4 Å². The molecule has 35 heavy (non-hydrogen) atoms. The average molecular weight is 491 g/mol. The molecule has 0 spiro atoms. The minimum atomic E-state index is -4.68. The molecule has 184 valence electrons. The maximum atomic E-state index is 15.1. The van der Waals surface area contributed by atoms with E-state index in [1.807, 2.05) is 0 Å². The van der Waals surface area contributed by atoms with E-state index in [0.717, 1.165) is 18.2 Å². The molecule has 4 rings (SSSR count). The predicted octanol–water partition coefficient (Wildman–Crippen LogP) is 5.22. The van der Waals surface area contributed by atoms with Crippen molar-refractivity contribution in [2.75, 3.05) is 25.7 Å². The summed E-state index contributed by atoms with van der Waals surface area (Å²) in [5.41, 5.74) is -0.675. The van der Waals surface area contributed by atoms with E-state index in [9.17, 15) is 23.1 Å². The van der Waals surface area contributed by atoms with Crippen molar-refractivity contribution in [2.45, 2.75) is 18.8 Å². The molecule has 6 nitrogen and oxygen atoms in total. The van der Waals surface area contributed by atoms with Crippen LogP contribution in [0.5, 0.6) is 17.2 Å². The van der Waals surface area contributed by atoms with Crippen LogP contribution >= 0.6 is 0 Å². The summed E-state index contributed by atoms with van der Waals surface area (Å²) < 4.78 is 71.6. The minimum absolute atomic E-state index is 0.0502. The summed E-state index contributed by atoms with van der Waals surface area (Å²) in [5, 5.41) is 10.4. The number of hydrogen-bond acceptors (Lipinski definition) is 5. The van der Waals surface area contributed by atoms with E-state index in [-0.39, 0.29) is 34.9 Å². The van der Waals surface area contributed by atoms with Gasteiger partial charge < -0.3 is 24.2 Å². The fourth-order valence-electron chi connectivity index (χ4n) is 3.94. The standard InChI is InChI=1S/C25H21F4NO5/c1-33-16-8-6-14(20(31)11-16)12-30-19-9-7-15(25(27,28)29)10-18(19)24(35-13-22(30)32)17-4-3-5-21(34-2)23(17)26/h3-11,24,31H,12-13H2,1-2H3/t24-/m1/s1. The molecule has 0 aromatic heterocycles. The number of benzene rings is 3. The Morgan fingerprint density at radius 3 is 2.49 bits per heavy atom. The highest BCUT2D eigenvalue weighted by molar-refractivity contribution is 5.96. The molecular formula is C25H21F4NO5. The number of aromatic hydroxyl groups is 1. The molecule has 0 saturated carbocycles. The van der Waals surface area contributed by atoms with Crippen LogP contribution in [0.4, 0.5) is 23.2 Å². The highest BCUT2D eigenvalue weighted by Crippen LogP contribution is 2.42. The Balaban J connectivity index is 1.86. The molecule has 0 saturated heterocycles. The number of phenolic OH excluding ortho intramolecular Hbond substituents is 1. The van der Waals surface area contributed by atoms with Gasteiger partial charge in [0.1, 0.15) is 24.2 Å². The van der Waals surface area contributed by atoms with Gasteiger partial charge in [-0.05, 0) is 36.4 Å². The van der Waals surface area contributed by atoms with Gasteiger partial charge in [0.25, 0.3) is 5.91 Å². The maximum Gasteiger partial charge on any atom is 0.416 e. The van der Waals surface area contributed by atoms with Gasteiger partial charge in [0, 0.05) is 22.8 Å². The van der Waals surface area contributed by atoms with Crippen LogP contribution in [0, 0.1) is 5.82 Å². The number of anilines is 1. The number of nitrogens with zero attached hydrogens (tertiary/aromatic N) is 1. The summed E-state index contributed by atoms with van der Waals surface area (Å²) in [4.78, 5) is 14.2. The van der Waals surface area contributed by atoms with Crippen LogP contribution in [-0.2, 0) is 22.3 Å². The molecule has 1 aliphatic heterocycles. The zero-order chi connectivity index (χ0) is 25.3. The lowest BCUT2D eigenvalue weighted by atomic mass is 9.96. The molecule has 0 unspecified atom stereocenters. The third kappa shape index (κ3) is 4.74. The summed E-state index contributed by atoms with van der Waals surface area (Å²) >= 11 is 0. The number of methoxy groups -OCH3 is 2. The van der Waals surface area contributed by atoms with Gasteiger partial charge in [-0.3, -0.25) is 4.79 Å². The highest BCUT2D eigenvalue weighted by Gasteiger charge is 2.36. The van der Waals surface area contributed by atoms with Gasteiger partial charge >= 0.3 is 6.18 Å². The molecule has 1 N–H and O–H groups in total. The zero-order valence-electron chi connectivity index (χ0n) is 18.7. The van der Waals surface area contributed by atoms with E-state index in [0.29, 0.717) is 11.3 Å². The first-order chi connectivity index (χ1) is 16.6. The van der Waals surface area contributed by atoms with Crippen LogP contribution in [-0.4, -0.2) is 31.8 Å². The second-order valence-corrected chi connectivity index (χ2v) is 7.80. The number of ether oxygens (including phenoxy) is 3. The summed E-state index contributed by atoms with van der Waals surface area (Å²) in [6.45, 7) is -0.696. The number of alkyl halides is 3. The van der Waals surface area contributed by atoms with Crippen LogP contribution in [0.3, 0.4) is 0 Å². The number of carbonyl (C=O) groups excluding carboxylic acids is 1. The molecule has 3 aromatic carbocycles. The Bertz CT molecular complexity index is 1260. The SMILES string of the molecule is COc1ccc(CN2C(=O)CO[C@H](c3cccc(OC)c3F)c3cc(C(F)(F)F)ccc32)c(O)c1. The van der Waals surface area contributed by atoms with E-state index in [1.54, 1.807) is 6.07 Å². The van der Waals surface area contributed by atoms with E-state index in [2.05, 4.69) is 0 Å². The van der Waals surface area contributed by atoms with E-state index < -0.39 is 36.2 Å². The second kappa shape index (κ2) is 9.46. The Morgan fingerprint density at radius 2 is 1.83 bits per heavy atom. The summed E-state index contributed by atoms with van der Waals surface area (Å²) in [6, 6.07) is 11.5. The Morgan fingerprint density at radius 1 is 1.06 bits per heavy atom. The first kappa shape index (κ1) is 24.3. The number of halogens is 4. The van der Waals surface area contributed by atoms with E-state index in [4.69, 9.17) is 14.2 Å². The van der Waals surface area contributed by atoms with Crippen molar-refractivity contribution in [3.8, 4) is 17.2 Å². The fraction of sp³-hybridized carbons (Fsp3) is 0.240. The molecule has 1 atom stereocenters. The van der Waals surface area contributed by atoms with Crippen molar-refractivity contribution in [3.63, 3.8) is 0 Å². The lowest BCUT2D eigenvalue weighted by molar-refractivity contribution is -0.137. The largest absolute Gasteiger partial charge is 0.507 e. The lowest BCUT2D eigenvalue weighted by Gasteiger charge is -2.25. The third-order valence-corrected chi connectivity index (χ3v) is 5.72. The summed E-state index contributed by atoms with van der Waals surface area (Å²) in [6.07, 6.45) is -6.00. The first-order valence-corrected chi connectivity index (χ1v) is 10.5. The predicted molar refractivity (Wildman–Crippen MR) is 118 cm³/mol. The van der Waals surface area contributed by atoms with Gasteiger partial charge in [-0.15, -0.1) is 0 Å². The van der Waals surface area contributed by atoms with Crippen molar-refractivity contribution in [2.24, 2.45) is 0 Å². The van der Waals surface area contributed by atoms with Crippen molar-refractivity contribution in [1.82, 2.24) is 0 Å². The van der Waals surface area contributed by atoms with Crippen LogP contribution in [0.25, 0.3) is 0 Å². The Kier molecular flexibility index (Phi) is 6.58. The first-order valence-electron chi connectivity index (χ1n) is 10.5. The lowest BCUT2D eigenvalue weighted by Crippen LogP contribution is -2.32. The molecular weight excluding hydrogens is 470 g/mol. The molecule has 1 aliphatic rings. The Hall–Kier alpha value is -3.79. The number of phenols is 1. The van der Waals surface area contributed by atoms with Crippen molar-refractivity contribution < 1.29 is 41.7 Å². The molecule has 10 heteroatoms. The number of carbonyl (C=O) groups is 1. The number of amides is 1. The third-order valence-electron chi connectivity index (χ3n) is 5.72. The van der Waals surface area contributed by atoms with Gasteiger partial charge in [0.05, 0.1) is 32.0 Å². The fourth-order valence-corrected chi connectivity index (χ4v) is 3.94. The smallest absolute Gasteiger partial charge is 0.416 e. The molecule has 0 bridgehead atoms. The molecule has 0 aliphatic carbocycles. The quantitative estimate of drug-likeness (QED) is 0.496. The van der Waals surface area contributed by atoms with Gasteiger partial charge in [-0.2, -0.15) is 13.2 Å². The average Bonchev–Trinajstić information content (AvgIpc) is 2.96. The molecule has 1 amide bonds. The summed E-state index contributed by atoms with van der Waals surface area (Å²) in [7, 11) is 2.69. The topological polar surface area (TPSA) is 68.2 Å². The van der Waals surface area contributed by atoms with Gasteiger partial charge in [-0.1, -0.05) is 12.1 Å². The van der Waals surface area contributed by atoms with Crippen molar-refractivity contribution >= 4 is 11.6 Å². The minimum Gasteiger partial charge on any atom is -0.507 e. The maximum absolute atomic E-state index is 15.1.